The van der Waals surface area contributed by atoms with Crippen LogP contribution in [0.3, 0.4) is 0 Å². The van der Waals surface area contributed by atoms with Gasteiger partial charge in [0.25, 0.3) is 0 Å². The number of nitrogens with zero attached hydrogens (tertiary/aromatic N) is 1. The standard InChI is InChI=1S/C17H33N3O3/c1-17(2,3)9-15(21)18-10-14-16(22)13(11-23-14)19-12-5-7-20(4)8-6-12/h12-14,16,19,22H,5-11H2,1-4H3,(H,18,21). The zero-order chi connectivity index (χ0) is 17.0. The second-order valence-electron chi connectivity index (χ2n) is 8.25. The fraction of sp³-hybridized carbons (Fsp3) is 0.941. The van der Waals surface area contributed by atoms with Crippen molar-refractivity contribution in [3.63, 3.8) is 0 Å². The van der Waals surface area contributed by atoms with Gasteiger partial charge in [-0.1, -0.05) is 20.8 Å². The van der Waals surface area contributed by atoms with E-state index in [0.29, 0.717) is 25.6 Å². The molecular weight excluding hydrogens is 294 g/mol. The van der Waals surface area contributed by atoms with Crippen LogP contribution in [0.25, 0.3) is 0 Å². The molecule has 0 bridgehead atoms. The predicted octanol–water partition coefficient (Wildman–Crippen LogP) is 0.351. The van der Waals surface area contributed by atoms with E-state index in [2.05, 4.69) is 22.6 Å². The predicted molar refractivity (Wildman–Crippen MR) is 90.3 cm³/mol. The van der Waals surface area contributed by atoms with E-state index in [1.165, 1.54) is 0 Å². The zero-order valence-electron chi connectivity index (χ0n) is 15.0. The Morgan fingerprint density at radius 3 is 2.57 bits per heavy atom. The molecule has 0 saturated carbocycles. The molecule has 2 heterocycles. The summed E-state index contributed by atoms with van der Waals surface area (Å²) in [4.78, 5) is 14.2. The molecule has 2 rings (SSSR count). The van der Waals surface area contributed by atoms with Crippen molar-refractivity contribution in [2.45, 2.75) is 64.3 Å². The molecule has 0 aromatic rings. The van der Waals surface area contributed by atoms with Crippen LogP contribution < -0.4 is 10.6 Å². The van der Waals surface area contributed by atoms with Gasteiger partial charge >= 0.3 is 0 Å². The number of aliphatic hydroxyl groups excluding tert-OH is 1. The number of likely N-dealkylation sites (tertiary alicyclic amines) is 1. The van der Waals surface area contributed by atoms with Crippen LogP contribution in [0.4, 0.5) is 0 Å². The molecule has 0 radical (unpaired) electrons. The van der Waals surface area contributed by atoms with Crippen LogP contribution >= 0.6 is 0 Å². The lowest BCUT2D eigenvalue weighted by Gasteiger charge is -2.32. The van der Waals surface area contributed by atoms with Crippen LogP contribution in [0.1, 0.15) is 40.0 Å². The van der Waals surface area contributed by atoms with Crippen LogP contribution in [-0.4, -0.2) is 73.5 Å². The first-order valence-corrected chi connectivity index (χ1v) is 8.75. The zero-order valence-corrected chi connectivity index (χ0v) is 15.0. The number of rotatable bonds is 5. The van der Waals surface area contributed by atoms with Crippen LogP contribution in [0.2, 0.25) is 0 Å². The molecule has 0 aromatic heterocycles. The highest BCUT2D eigenvalue weighted by Crippen LogP contribution is 2.19. The number of ether oxygens (including phenoxy) is 1. The molecule has 2 aliphatic rings. The lowest BCUT2D eigenvalue weighted by atomic mass is 9.92. The van der Waals surface area contributed by atoms with Crippen molar-refractivity contribution in [3.8, 4) is 0 Å². The summed E-state index contributed by atoms with van der Waals surface area (Å²) >= 11 is 0. The molecule has 3 N–H and O–H groups in total. The van der Waals surface area contributed by atoms with Gasteiger partial charge in [0, 0.05) is 19.0 Å². The van der Waals surface area contributed by atoms with Gasteiger partial charge in [0.2, 0.25) is 5.91 Å². The summed E-state index contributed by atoms with van der Waals surface area (Å²) in [5, 5.41) is 16.8. The Kier molecular flexibility index (Phi) is 6.42. The normalized spacial score (nSPS) is 30.6. The smallest absolute Gasteiger partial charge is 0.220 e. The topological polar surface area (TPSA) is 73.8 Å². The van der Waals surface area contributed by atoms with Crippen molar-refractivity contribution in [3.05, 3.63) is 0 Å². The maximum Gasteiger partial charge on any atom is 0.220 e. The van der Waals surface area contributed by atoms with E-state index in [9.17, 15) is 9.90 Å². The molecule has 134 valence electrons. The van der Waals surface area contributed by atoms with Crippen molar-refractivity contribution in [2.24, 2.45) is 5.41 Å². The van der Waals surface area contributed by atoms with E-state index in [-0.39, 0.29) is 23.5 Å². The minimum atomic E-state index is -0.565. The van der Waals surface area contributed by atoms with Crippen molar-refractivity contribution in [1.82, 2.24) is 15.5 Å². The Labute approximate surface area is 139 Å². The van der Waals surface area contributed by atoms with E-state index in [0.717, 1.165) is 25.9 Å². The second-order valence-corrected chi connectivity index (χ2v) is 8.25. The molecule has 0 aromatic carbocycles. The van der Waals surface area contributed by atoms with E-state index < -0.39 is 6.10 Å². The Bertz CT molecular complexity index is 389. The Balaban J connectivity index is 1.71. The van der Waals surface area contributed by atoms with Gasteiger partial charge in [-0.3, -0.25) is 4.79 Å². The van der Waals surface area contributed by atoms with Gasteiger partial charge in [0.1, 0.15) is 6.10 Å². The summed E-state index contributed by atoms with van der Waals surface area (Å²) in [6.45, 7) is 9.18. The first-order chi connectivity index (χ1) is 10.7. The van der Waals surface area contributed by atoms with Gasteiger partial charge in [-0.25, -0.2) is 0 Å². The molecule has 3 atom stereocenters. The molecule has 2 aliphatic heterocycles. The van der Waals surface area contributed by atoms with Gasteiger partial charge < -0.3 is 25.4 Å². The minimum absolute atomic E-state index is 0.0139. The van der Waals surface area contributed by atoms with Crippen LogP contribution in [0.5, 0.6) is 0 Å². The van der Waals surface area contributed by atoms with Crippen LogP contribution in [0, 0.1) is 5.41 Å². The maximum absolute atomic E-state index is 11.9. The number of carbonyl (C=O) groups is 1. The highest BCUT2D eigenvalue weighted by atomic mass is 16.5. The summed E-state index contributed by atoms with van der Waals surface area (Å²) in [5.74, 6) is 0.0139. The highest BCUT2D eigenvalue weighted by molar-refractivity contribution is 5.76. The fourth-order valence-corrected chi connectivity index (χ4v) is 3.25. The lowest BCUT2D eigenvalue weighted by molar-refractivity contribution is -0.123. The van der Waals surface area contributed by atoms with Crippen molar-refractivity contribution >= 4 is 5.91 Å². The third-order valence-corrected chi connectivity index (χ3v) is 4.64. The Hall–Kier alpha value is -0.690. The molecule has 3 unspecified atom stereocenters. The first-order valence-electron chi connectivity index (χ1n) is 8.75. The van der Waals surface area contributed by atoms with Crippen molar-refractivity contribution < 1.29 is 14.6 Å². The molecule has 0 aliphatic carbocycles. The average Bonchev–Trinajstić information content (AvgIpc) is 2.78. The SMILES string of the molecule is CN1CCC(NC2COC(CNC(=O)CC(C)(C)C)C2O)CC1. The maximum atomic E-state index is 11.9. The third kappa shape index (κ3) is 6.03. The molecule has 1 amide bonds. The summed E-state index contributed by atoms with van der Waals surface area (Å²) < 4.78 is 5.68. The van der Waals surface area contributed by atoms with Crippen LogP contribution in [0.15, 0.2) is 0 Å². The summed E-state index contributed by atoms with van der Waals surface area (Å²) in [6, 6.07) is 0.414. The Morgan fingerprint density at radius 2 is 1.96 bits per heavy atom. The van der Waals surface area contributed by atoms with Crippen LogP contribution in [-0.2, 0) is 9.53 Å². The quantitative estimate of drug-likeness (QED) is 0.679. The third-order valence-electron chi connectivity index (χ3n) is 4.64. The van der Waals surface area contributed by atoms with Gasteiger partial charge in [-0.15, -0.1) is 0 Å². The van der Waals surface area contributed by atoms with Crippen molar-refractivity contribution in [1.29, 1.82) is 0 Å². The number of carbonyl (C=O) groups excluding carboxylic acids is 1. The molecular formula is C17H33N3O3. The second kappa shape index (κ2) is 7.92. The molecule has 6 heteroatoms. The number of hydrogen-bond acceptors (Lipinski definition) is 5. The number of piperidine rings is 1. The van der Waals surface area contributed by atoms with Gasteiger partial charge in [-0.2, -0.15) is 0 Å². The summed E-state index contributed by atoms with van der Waals surface area (Å²) in [5.41, 5.74) is -0.0303. The monoisotopic (exact) mass is 327 g/mol. The number of hydrogen-bond donors (Lipinski definition) is 3. The van der Waals surface area contributed by atoms with E-state index in [1.807, 2.05) is 20.8 Å². The van der Waals surface area contributed by atoms with Gasteiger partial charge in [-0.05, 0) is 38.4 Å². The van der Waals surface area contributed by atoms with E-state index in [4.69, 9.17) is 4.74 Å². The number of amides is 1. The first kappa shape index (κ1) is 18.6. The lowest BCUT2D eigenvalue weighted by Crippen LogP contribution is -2.51. The number of nitrogens with one attached hydrogen (secondary N) is 2. The molecule has 0 spiro atoms. The van der Waals surface area contributed by atoms with Gasteiger partial charge in [0.15, 0.2) is 0 Å². The van der Waals surface area contributed by atoms with Crippen molar-refractivity contribution in [2.75, 3.05) is 33.3 Å². The molecule has 2 saturated heterocycles. The fourth-order valence-electron chi connectivity index (χ4n) is 3.25. The molecule has 6 nitrogen and oxygen atoms in total. The highest BCUT2D eigenvalue weighted by Gasteiger charge is 2.37. The van der Waals surface area contributed by atoms with E-state index in [1.54, 1.807) is 0 Å². The largest absolute Gasteiger partial charge is 0.389 e. The minimum Gasteiger partial charge on any atom is -0.389 e. The Morgan fingerprint density at radius 1 is 1.30 bits per heavy atom. The molecule has 23 heavy (non-hydrogen) atoms. The van der Waals surface area contributed by atoms with E-state index >= 15 is 0 Å². The van der Waals surface area contributed by atoms with Gasteiger partial charge in [0.05, 0.1) is 18.8 Å². The average molecular weight is 327 g/mol. The molecule has 2 fully saturated rings. The summed E-state index contributed by atoms with van der Waals surface area (Å²) in [6.07, 6.45) is 1.80. The number of aliphatic hydroxyl groups is 1. The summed E-state index contributed by atoms with van der Waals surface area (Å²) in [7, 11) is 2.14.